The zero-order chi connectivity index (χ0) is 32.7. The lowest BCUT2D eigenvalue weighted by atomic mass is 10.0. The van der Waals surface area contributed by atoms with Crippen molar-refractivity contribution in [1.82, 2.24) is 0 Å². The van der Waals surface area contributed by atoms with Crippen LogP contribution in [0.3, 0.4) is 0 Å². The average Bonchev–Trinajstić information content (AvgIpc) is 3.08. The molecule has 270 valence electrons. The monoisotopic (exact) mass is 657 g/mol. The lowest BCUT2D eigenvalue weighted by Crippen LogP contribution is -2.34. The molecule has 0 bridgehead atoms. The second-order valence-electron chi connectivity index (χ2n) is 11.6. The molecule has 0 aromatic carbocycles. The van der Waals surface area contributed by atoms with Gasteiger partial charge in [-0.3, -0.25) is 0 Å². The van der Waals surface area contributed by atoms with E-state index in [0.717, 1.165) is 19.6 Å². The first-order valence-electron chi connectivity index (χ1n) is 18.5. The van der Waals surface area contributed by atoms with E-state index in [-0.39, 0.29) is 0 Å². The van der Waals surface area contributed by atoms with Crippen LogP contribution >= 0.6 is 0 Å². The van der Waals surface area contributed by atoms with Gasteiger partial charge in [0.25, 0.3) is 0 Å². The molecule has 9 nitrogen and oxygen atoms in total. The predicted molar refractivity (Wildman–Crippen MR) is 184 cm³/mol. The Kier molecular flexibility index (Phi) is 35.7. The van der Waals surface area contributed by atoms with Gasteiger partial charge < -0.3 is 37.9 Å². The number of pyridine rings is 1. The van der Waals surface area contributed by atoms with E-state index in [1.165, 1.54) is 83.5 Å². The van der Waals surface area contributed by atoms with Gasteiger partial charge in [-0.05, 0) is 6.42 Å². The van der Waals surface area contributed by atoms with E-state index < -0.39 is 0 Å². The summed E-state index contributed by atoms with van der Waals surface area (Å²) in [4.78, 5) is 0. The molecule has 0 aliphatic rings. The van der Waals surface area contributed by atoms with Crippen LogP contribution in [0.2, 0.25) is 0 Å². The first-order valence-corrected chi connectivity index (χ1v) is 18.5. The molecule has 0 saturated heterocycles. The molecule has 1 heterocycles. The topological polar surface area (TPSA) is 77.7 Å². The van der Waals surface area contributed by atoms with Crippen molar-refractivity contribution in [3.8, 4) is 0 Å². The minimum atomic E-state index is 0.542. The van der Waals surface area contributed by atoms with Gasteiger partial charge in [0.2, 0.25) is 0 Å². The number of nitrogens with zero attached hydrogens (tertiary/aromatic N) is 1. The zero-order valence-corrected chi connectivity index (χ0v) is 29.5. The Balaban J connectivity index is 1.61. The van der Waals surface area contributed by atoms with Crippen LogP contribution in [0.15, 0.2) is 30.6 Å². The fourth-order valence-corrected chi connectivity index (χ4v) is 4.79. The van der Waals surface area contributed by atoms with Crippen molar-refractivity contribution in [3.05, 3.63) is 30.6 Å². The molecule has 0 radical (unpaired) electrons. The molecule has 0 atom stereocenters. The standard InChI is InChI=1S/C37H70NO8/c1-2-3-4-5-6-7-8-9-10-11-12-13-14-18-22-39-24-26-41-28-30-43-32-34-45-36-37-46-35-33-44-31-29-42-27-25-40-23-21-38-19-16-15-17-20-38/h15-17,19-20H,2-14,18,21-37H2,1H3/q+1. The van der Waals surface area contributed by atoms with Crippen LogP contribution in [0.25, 0.3) is 0 Å². The van der Waals surface area contributed by atoms with Gasteiger partial charge in [0.05, 0.1) is 92.5 Å². The summed E-state index contributed by atoms with van der Waals surface area (Å²) in [7, 11) is 0. The van der Waals surface area contributed by atoms with Gasteiger partial charge in [0, 0.05) is 18.7 Å². The highest BCUT2D eigenvalue weighted by atomic mass is 16.6. The predicted octanol–water partition coefficient (Wildman–Crippen LogP) is 6.59. The summed E-state index contributed by atoms with van der Waals surface area (Å²) in [6.45, 7) is 12.6. The molecule has 0 N–H and O–H groups in total. The lowest BCUT2D eigenvalue weighted by Gasteiger charge is -2.08. The Morgan fingerprint density at radius 1 is 0.304 bits per heavy atom. The first kappa shape index (κ1) is 42.9. The third-order valence-electron chi connectivity index (χ3n) is 7.52. The number of unbranched alkanes of at least 4 members (excludes halogenated alkanes) is 13. The van der Waals surface area contributed by atoms with E-state index in [9.17, 15) is 0 Å². The molecule has 46 heavy (non-hydrogen) atoms. The second-order valence-corrected chi connectivity index (χ2v) is 11.6. The van der Waals surface area contributed by atoms with Gasteiger partial charge in [-0.2, -0.15) is 0 Å². The molecule has 0 spiro atoms. The zero-order valence-electron chi connectivity index (χ0n) is 29.5. The first-order chi connectivity index (χ1) is 22.9. The summed E-state index contributed by atoms with van der Waals surface area (Å²) >= 11 is 0. The van der Waals surface area contributed by atoms with E-state index in [0.29, 0.717) is 99.1 Å². The number of hydrogen-bond acceptors (Lipinski definition) is 8. The van der Waals surface area contributed by atoms with Gasteiger partial charge in [0.15, 0.2) is 18.9 Å². The van der Waals surface area contributed by atoms with Crippen molar-refractivity contribution in [2.45, 2.75) is 103 Å². The fraction of sp³-hybridized carbons (Fsp3) is 0.865. The summed E-state index contributed by atoms with van der Waals surface area (Å²) in [5.74, 6) is 0. The molecule has 0 aliphatic heterocycles. The SMILES string of the molecule is CCCCCCCCCCCCCCCCOCCOCCOCCOCCOCCOCCOCCOCC[n+]1ccccc1. The van der Waals surface area contributed by atoms with Gasteiger partial charge in [-0.15, -0.1) is 0 Å². The van der Waals surface area contributed by atoms with E-state index in [1.807, 2.05) is 30.6 Å². The molecule has 1 aromatic heterocycles. The van der Waals surface area contributed by atoms with Crippen LogP contribution in [0.5, 0.6) is 0 Å². The third kappa shape index (κ3) is 34.2. The number of hydrogen-bond donors (Lipinski definition) is 0. The highest BCUT2D eigenvalue weighted by Crippen LogP contribution is 2.13. The van der Waals surface area contributed by atoms with Crippen molar-refractivity contribution in [3.63, 3.8) is 0 Å². The Morgan fingerprint density at radius 3 is 0.935 bits per heavy atom. The molecule has 0 amide bonds. The Hall–Kier alpha value is -1.17. The van der Waals surface area contributed by atoms with E-state index in [2.05, 4.69) is 11.5 Å². The highest BCUT2D eigenvalue weighted by Gasteiger charge is 1.99. The smallest absolute Gasteiger partial charge is 0.171 e. The molecule has 9 heteroatoms. The third-order valence-corrected chi connectivity index (χ3v) is 7.52. The van der Waals surface area contributed by atoms with E-state index in [4.69, 9.17) is 37.9 Å². The summed E-state index contributed by atoms with van der Waals surface area (Å²) in [6.07, 6.45) is 23.4. The Bertz CT molecular complexity index is 685. The minimum Gasteiger partial charge on any atom is -0.379 e. The molecule has 0 fully saturated rings. The largest absolute Gasteiger partial charge is 0.379 e. The van der Waals surface area contributed by atoms with Gasteiger partial charge in [0.1, 0.15) is 6.61 Å². The van der Waals surface area contributed by atoms with Crippen LogP contribution in [0.4, 0.5) is 0 Å². The van der Waals surface area contributed by atoms with Crippen molar-refractivity contribution in [2.24, 2.45) is 0 Å². The highest BCUT2D eigenvalue weighted by molar-refractivity contribution is 4.83. The Morgan fingerprint density at radius 2 is 0.587 bits per heavy atom. The van der Waals surface area contributed by atoms with Crippen molar-refractivity contribution in [1.29, 1.82) is 0 Å². The lowest BCUT2D eigenvalue weighted by molar-refractivity contribution is -0.698. The Labute approximate surface area is 281 Å². The van der Waals surface area contributed by atoms with Crippen molar-refractivity contribution in [2.75, 3.05) is 106 Å². The summed E-state index contributed by atoms with van der Waals surface area (Å²) in [6, 6.07) is 6.02. The maximum absolute atomic E-state index is 5.68. The average molecular weight is 657 g/mol. The quantitative estimate of drug-likeness (QED) is 0.0581. The van der Waals surface area contributed by atoms with E-state index >= 15 is 0 Å². The number of ether oxygens (including phenoxy) is 8. The molecular formula is C37H70NO8+. The van der Waals surface area contributed by atoms with Gasteiger partial charge in [-0.1, -0.05) is 96.5 Å². The molecule has 0 aliphatic carbocycles. The summed E-state index contributed by atoms with van der Waals surface area (Å²) in [5.41, 5.74) is 0. The second kappa shape index (κ2) is 38.3. The van der Waals surface area contributed by atoms with Crippen molar-refractivity contribution >= 4 is 0 Å². The van der Waals surface area contributed by atoms with Crippen LogP contribution in [0, 0.1) is 0 Å². The fourth-order valence-electron chi connectivity index (χ4n) is 4.79. The van der Waals surface area contributed by atoms with Crippen molar-refractivity contribution < 1.29 is 42.5 Å². The molecule has 1 aromatic rings. The summed E-state index contributed by atoms with van der Waals surface area (Å²) in [5, 5.41) is 0. The maximum atomic E-state index is 5.68. The van der Waals surface area contributed by atoms with Crippen LogP contribution in [0.1, 0.15) is 96.8 Å². The molecule has 0 saturated carbocycles. The van der Waals surface area contributed by atoms with E-state index in [1.54, 1.807) is 0 Å². The minimum absolute atomic E-state index is 0.542. The number of rotatable bonds is 39. The van der Waals surface area contributed by atoms with Crippen LogP contribution in [-0.2, 0) is 44.4 Å². The molecule has 1 rings (SSSR count). The number of aromatic nitrogens is 1. The normalized spacial score (nSPS) is 11.5. The van der Waals surface area contributed by atoms with Gasteiger partial charge >= 0.3 is 0 Å². The van der Waals surface area contributed by atoms with Crippen LogP contribution < -0.4 is 4.57 Å². The molecular weight excluding hydrogens is 586 g/mol. The maximum Gasteiger partial charge on any atom is 0.171 e. The summed E-state index contributed by atoms with van der Waals surface area (Å²) < 4.78 is 46.5. The van der Waals surface area contributed by atoms with Gasteiger partial charge in [-0.25, -0.2) is 4.57 Å². The molecule has 0 unspecified atom stereocenters. The van der Waals surface area contributed by atoms with Crippen LogP contribution in [-0.4, -0.2) is 106 Å².